The number of piperidine rings is 1. The fourth-order valence-electron chi connectivity index (χ4n) is 6.02. The Morgan fingerprint density at radius 3 is 2.68 bits per heavy atom. The number of imidazole rings is 1. The molecule has 38 heavy (non-hydrogen) atoms. The Morgan fingerprint density at radius 1 is 1.11 bits per heavy atom. The molecule has 3 aliphatic rings. The van der Waals surface area contributed by atoms with Gasteiger partial charge < -0.3 is 19.1 Å². The predicted molar refractivity (Wildman–Crippen MR) is 140 cm³/mol. The third-order valence-corrected chi connectivity index (χ3v) is 8.12. The lowest BCUT2D eigenvalue weighted by atomic mass is 9.98. The minimum atomic E-state index is -0.637. The minimum Gasteiger partial charge on any atom is -0.489 e. The lowest BCUT2D eigenvalue weighted by molar-refractivity contribution is -0.118. The lowest BCUT2D eigenvalue weighted by Crippen LogP contribution is -2.58. The molecule has 198 valence electrons. The average Bonchev–Trinajstić information content (AvgIpc) is 3.06. The Balaban J connectivity index is 1.23. The normalized spacial score (nSPS) is 18.6. The summed E-state index contributed by atoms with van der Waals surface area (Å²) in [5.74, 6) is 0.423. The first-order valence-corrected chi connectivity index (χ1v) is 13.3. The summed E-state index contributed by atoms with van der Waals surface area (Å²) in [6, 6.07) is 4.97. The van der Waals surface area contributed by atoms with E-state index < -0.39 is 11.4 Å². The van der Waals surface area contributed by atoms with Crippen LogP contribution in [0.3, 0.4) is 0 Å². The molecule has 1 spiro atoms. The average molecular weight is 520 g/mol. The van der Waals surface area contributed by atoms with Crippen LogP contribution in [0.15, 0.2) is 35.4 Å². The number of hydrogen-bond acceptors (Lipinski definition) is 7. The maximum atomic E-state index is 15.6. The standard InChI is InChI=1S/C28H30FN5O4/c1-32-21-14-30-20-12-19(29)23(26-24(20)25(21)34(27(32)35)28(17-38-26)15-36-16-28)18-6-7-22(31-13-18)37-11-5-10-33-8-3-2-4-9-33/h6-7,12-14H,2-5,8-11,15-17H2,1H3. The quantitative estimate of drug-likeness (QED) is 0.361. The van der Waals surface area contributed by atoms with Gasteiger partial charge in [0, 0.05) is 37.5 Å². The van der Waals surface area contributed by atoms with E-state index in [4.69, 9.17) is 14.2 Å². The van der Waals surface area contributed by atoms with Gasteiger partial charge in [-0.1, -0.05) is 6.42 Å². The molecule has 1 aromatic carbocycles. The number of rotatable bonds is 6. The highest BCUT2D eigenvalue weighted by atomic mass is 19.1. The summed E-state index contributed by atoms with van der Waals surface area (Å²) in [7, 11) is 1.73. The molecule has 3 aliphatic heterocycles. The maximum absolute atomic E-state index is 15.6. The number of nitrogens with zero attached hydrogens (tertiary/aromatic N) is 5. The van der Waals surface area contributed by atoms with E-state index >= 15 is 4.39 Å². The third kappa shape index (κ3) is 3.61. The van der Waals surface area contributed by atoms with E-state index in [1.807, 2.05) is 0 Å². The Bertz CT molecular complexity index is 1590. The Morgan fingerprint density at radius 2 is 1.95 bits per heavy atom. The Hall–Kier alpha value is -3.50. The lowest BCUT2D eigenvalue weighted by Gasteiger charge is -2.40. The fraction of sp³-hybridized carbons (Fsp3) is 0.464. The molecule has 6 heterocycles. The van der Waals surface area contributed by atoms with Crippen molar-refractivity contribution >= 4 is 21.9 Å². The van der Waals surface area contributed by atoms with Crippen LogP contribution in [0.25, 0.3) is 33.1 Å². The number of likely N-dealkylation sites (tertiary alicyclic amines) is 1. The van der Waals surface area contributed by atoms with Crippen LogP contribution in [0.5, 0.6) is 11.6 Å². The number of benzene rings is 1. The van der Waals surface area contributed by atoms with Gasteiger partial charge in [0.15, 0.2) is 0 Å². The molecule has 7 rings (SSSR count). The van der Waals surface area contributed by atoms with Gasteiger partial charge in [0.05, 0.1) is 53.5 Å². The first-order chi connectivity index (χ1) is 18.6. The van der Waals surface area contributed by atoms with Crippen molar-refractivity contribution < 1.29 is 18.6 Å². The molecule has 2 saturated heterocycles. The van der Waals surface area contributed by atoms with Gasteiger partial charge in [-0.25, -0.2) is 14.2 Å². The van der Waals surface area contributed by atoms with Crippen LogP contribution in [0.4, 0.5) is 4.39 Å². The summed E-state index contributed by atoms with van der Waals surface area (Å²) in [5, 5.41) is 0.624. The highest BCUT2D eigenvalue weighted by molar-refractivity contribution is 6.09. The van der Waals surface area contributed by atoms with Crippen LogP contribution < -0.4 is 15.2 Å². The Labute approximate surface area is 218 Å². The summed E-state index contributed by atoms with van der Waals surface area (Å²) in [6.45, 7) is 4.85. The summed E-state index contributed by atoms with van der Waals surface area (Å²) in [4.78, 5) is 24.7. The molecule has 0 saturated carbocycles. The summed E-state index contributed by atoms with van der Waals surface area (Å²) >= 11 is 0. The third-order valence-electron chi connectivity index (χ3n) is 8.12. The molecule has 0 N–H and O–H groups in total. The molecule has 0 radical (unpaired) electrons. The van der Waals surface area contributed by atoms with Gasteiger partial charge >= 0.3 is 5.69 Å². The van der Waals surface area contributed by atoms with Crippen molar-refractivity contribution in [3.05, 3.63) is 46.9 Å². The van der Waals surface area contributed by atoms with Gasteiger partial charge in [-0.3, -0.25) is 14.1 Å². The van der Waals surface area contributed by atoms with E-state index in [2.05, 4.69) is 14.9 Å². The van der Waals surface area contributed by atoms with Gasteiger partial charge in [-0.15, -0.1) is 0 Å². The number of aromatic nitrogens is 4. The van der Waals surface area contributed by atoms with Gasteiger partial charge in [-0.05, 0) is 38.4 Å². The monoisotopic (exact) mass is 519 g/mol. The van der Waals surface area contributed by atoms with Crippen LogP contribution in [0.2, 0.25) is 0 Å². The van der Waals surface area contributed by atoms with Crippen LogP contribution in [0, 0.1) is 5.82 Å². The summed E-state index contributed by atoms with van der Waals surface area (Å²) in [6.07, 6.45) is 8.06. The van der Waals surface area contributed by atoms with E-state index in [1.165, 1.54) is 38.4 Å². The molecule has 0 bridgehead atoms. The number of hydrogen-bond donors (Lipinski definition) is 0. The maximum Gasteiger partial charge on any atom is 0.329 e. The number of aryl methyl sites for hydroxylation is 1. The summed E-state index contributed by atoms with van der Waals surface area (Å²) < 4.78 is 36.7. The fourth-order valence-corrected chi connectivity index (χ4v) is 6.02. The van der Waals surface area contributed by atoms with E-state index in [-0.39, 0.29) is 12.3 Å². The molecule has 0 aliphatic carbocycles. The van der Waals surface area contributed by atoms with Crippen molar-refractivity contribution in [2.45, 2.75) is 31.2 Å². The van der Waals surface area contributed by atoms with E-state index in [9.17, 15) is 4.79 Å². The van der Waals surface area contributed by atoms with Crippen LogP contribution in [-0.2, 0) is 17.3 Å². The van der Waals surface area contributed by atoms with Gasteiger partial charge in [0.2, 0.25) is 5.88 Å². The van der Waals surface area contributed by atoms with Crippen molar-refractivity contribution in [2.75, 3.05) is 46.1 Å². The van der Waals surface area contributed by atoms with Crippen molar-refractivity contribution in [1.29, 1.82) is 0 Å². The Kier molecular flexibility index (Phi) is 5.63. The summed E-state index contributed by atoms with van der Waals surface area (Å²) in [5.41, 5.74) is 1.88. The zero-order chi connectivity index (χ0) is 25.9. The minimum absolute atomic E-state index is 0.164. The van der Waals surface area contributed by atoms with Gasteiger partial charge in [-0.2, -0.15) is 0 Å². The molecule has 10 heteroatoms. The molecular formula is C28H30FN5O4. The van der Waals surface area contributed by atoms with E-state index in [1.54, 1.807) is 40.7 Å². The van der Waals surface area contributed by atoms with Crippen LogP contribution >= 0.6 is 0 Å². The van der Waals surface area contributed by atoms with E-state index in [0.29, 0.717) is 64.5 Å². The second kappa shape index (κ2) is 9.06. The zero-order valence-corrected chi connectivity index (χ0v) is 21.4. The highest BCUT2D eigenvalue weighted by Gasteiger charge is 2.46. The predicted octanol–water partition coefficient (Wildman–Crippen LogP) is 3.46. The van der Waals surface area contributed by atoms with Crippen molar-refractivity contribution in [2.24, 2.45) is 7.05 Å². The largest absolute Gasteiger partial charge is 0.489 e. The first kappa shape index (κ1) is 23.6. The second-order valence-electron chi connectivity index (χ2n) is 10.6. The molecule has 2 fully saturated rings. The molecule has 0 unspecified atom stereocenters. The highest BCUT2D eigenvalue weighted by Crippen LogP contribution is 2.45. The van der Waals surface area contributed by atoms with Crippen molar-refractivity contribution in [1.82, 2.24) is 24.0 Å². The SMILES string of the molecule is Cn1c(=O)n2c3c4c(c(-c5ccc(OCCCN6CCCCC6)nc5)c(F)cc4ncc31)OCC21COC1. The molecular weight excluding hydrogens is 489 g/mol. The number of ether oxygens (including phenoxy) is 3. The van der Waals surface area contributed by atoms with Gasteiger partial charge in [0.25, 0.3) is 0 Å². The topological polar surface area (TPSA) is 83.6 Å². The molecule has 0 atom stereocenters. The van der Waals surface area contributed by atoms with Crippen LogP contribution in [0.1, 0.15) is 25.7 Å². The van der Waals surface area contributed by atoms with Crippen molar-refractivity contribution in [3.8, 4) is 22.8 Å². The molecule has 9 nitrogen and oxygen atoms in total. The number of pyridine rings is 2. The number of fused-ring (bicyclic) bond motifs is 1. The molecule has 0 amide bonds. The zero-order valence-electron chi connectivity index (χ0n) is 21.4. The van der Waals surface area contributed by atoms with Crippen LogP contribution in [-0.4, -0.2) is 70.1 Å². The molecule has 4 aromatic rings. The smallest absolute Gasteiger partial charge is 0.329 e. The van der Waals surface area contributed by atoms with E-state index in [0.717, 1.165) is 13.0 Å². The first-order valence-electron chi connectivity index (χ1n) is 13.3. The number of halogens is 1. The second-order valence-corrected chi connectivity index (χ2v) is 10.6. The van der Waals surface area contributed by atoms with Gasteiger partial charge in [0.1, 0.15) is 23.7 Å². The van der Waals surface area contributed by atoms with Crippen molar-refractivity contribution in [3.63, 3.8) is 0 Å². The molecule has 3 aromatic heterocycles.